The highest BCUT2D eigenvalue weighted by atomic mass is 16.5. The molecule has 3 aliphatic rings. The average molecular weight is 318 g/mol. The molecule has 1 unspecified atom stereocenters. The summed E-state index contributed by atoms with van der Waals surface area (Å²) in [5, 5.41) is 20.0. The molecule has 1 saturated carbocycles. The minimum Gasteiger partial charge on any atom is -0.504 e. The van der Waals surface area contributed by atoms with Crippen molar-refractivity contribution in [2.24, 2.45) is 5.92 Å². The number of phenols is 1. The van der Waals surface area contributed by atoms with E-state index in [1.54, 1.807) is 0 Å². The van der Waals surface area contributed by atoms with Crippen LogP contribution in [0, 0.1) is 5.92 Å². The summed E-state index contributed by atoms with van der Waals surface area (Å²) in [6, 6.07) is 0. The molecule has 0 aromatic heterocycles. The SMILES string of the molecule is O=C(O)CC(c1c2c(c(O)c3c1OCCC3)OCCC2)C1CC1. The van der Waals surface area contributed by atoms with Crippen molar-refractivity contribution < 1.29 is 24.5 Å². The van der Waals surface area contributed by atoms with Crippen LogP contribution in [0.5, 0.6) is 17.2 Å². The predicted molar refractivity (Wildman–Crippen MR) is 83.5 cm³/mol. The van der Waals surface area contributed by atoms with Crippen molar-refractivity contribution in [2.75, 3.05) is 13.2 Å². The first-order valence-electron chi connectivity index (χ1n) is 8.54. The molecule has 5 heteroatoms. The lowest BCUT2D eigenvalue weighted by atomic mass is 9.81. The zero-order chi connectivity index (χ0) is 16.0. The molecule has 124 valence electrons. The van der Waals surface area contributed by atoms with E-state index in [-0.39, 0.29) is 18.1 Å². The maximum atomic E-state index is 11.4. The van der Waals surface area contributed by atoms with Crippen LogP contribution in [0.1, 0.15) is 54.7 Å². The minimum absolute atomic E-state index is 0.0320. The van der Waals surface area contributed by atoms with Crippen molar-refractivity contribution in [1.29, 1.82) is 0 Å². The molecule has 2 aliphatic heterocycles. The molecule has 0 amide bonds. The lowest BCUT2D eigenvalue weighted by molar-refractivity contribution is -0.137. The van der Waals surface area contributed by atoms with Crippen LogP contribution in [-0.2, 0) is 17.6 Å². The highest BCUT2D eigenvalue weighted by Gasteiger charge is 2.40. The Kier molecular flexibility index (Phi) is 3.58. The second-order valence-corrected chi connectivity index (χ2v) is 6.82. The number of fused-ring (bicyclic) bond motifs is 2. The van der Waals surface area contributed by atoms with Crippen molar-refractivity contribution >= 4 is 5.97 Å². The van der Waals surface area contributed by atoms with E-state index >= 15 is 0 Å². The van der Waals surface area contributed by atoms with E-state index in [1.807, 2.05) is 0 Å². The zero-order valence-corrected chi connectivity index (χ0v) is 13.1. The van der Waals surface area contributed by atoms with Crippen LogP contribution in [0.2, 0.25) is 0 Å². The van der Waals surface area contributed by atoms with Crippen molar-refractivity contribution in [1.82, 2.24) is 0 Å². The van der Waals surface area contributed by atoms with Crippen molar-refractivity contribution in [2.45, 2.75) is 50.9 Å². The van der Waals surface area contributed by atoms with E-state index in [2.05, 4.69) is 0 Å². The van der Waals surface area contributed by atoms with Gasteiger partial charge in [-0.05, 0) is 44.4 Å². The molecule has 0 radical (unpaired) electrons. The summed E-state index contributed by atoms with van der Waals surface area (Å²) in [6.45, 7) is 1.23. The number of ether oxygens (including phenoxy) is 2. The van der Waals surface area contributed by atoms with Crippen LogP contribution in [0.15, 0.2) is 0 Å². The number of carboxylic acids is 1. The number of aliphatic carboxylic acids is 1. The third-order valence-corrected chi connectivity index (χ3v) is 5.21. The molecule has 1 aromatic carbocycles. The third-order valence-electron chi connectivity index (χ3n) is 5.21. The third kappa shape index (κ3) is 2.52. The van der Waals surface area contributed by atoms with Gasteiger partial charge in [0.05, 0.1) is 19.6 Å². The monoisotopic (exact) mass is 318 g/mol. The fraction of sp³-hybridized carbons (Fsp3) is 0.611. The van der Waals surface area contributed by atoms with Gasteiger partial charge < -0.3 is 19.7 Å². The van der Waals surface area contributed by atoms with E-state index in [4.69, 9.17) is 9.47 Å². The zero-order valence-electron chi connectivity index (χ0n) is 13.1. The van der Waals surface area contributed by atoms with Gasteiger partial charge in [0.1, 0.15) is 5.75 Å². The summed E-state index contributed by atoms with van der Waals surface area (Å²) in [6.07, 6.45) is 5.60. The standard InChI is InChI=1S/C18H22O5/c19-14(20)9-13(10-5-6-10)15-11-3-1-8-23-18(11)16(21)12-4-2-7-22-17(12)15/h10,13,21H,1-9H2,(H,19,20). The van der Waals surface area contributed by atoms with Crippen LogP contribution >= 0.6 is 0 Å². The van der Waals surface area contributed by atoms with Crippen molar-refractivity contribution in [3.8, 4) is 17.2 Å². The minimum atomic E-state index is -0.773. The van der Waals surface area contributed by atoms with Gasteiger partial charge in [0.15, 0.2) is 11.5 Å². The molecule has 1 aromatic rings. The number of carbonyl (C=O) groups is 1. The topological polar surface area (TPSA) is 76.0 Å². The summed E-state index contributed by atoms with van der Waals surface area (Å²) in [5.41, 5.74) is 2.80. The quantitative estimate of drug-likeness (QED) is 0.892. The van der Waals surface area contributed by atoms with Crippen LogP contribution in [0.25, 0.3) is 0 Å². The second-order valence-electron chi connectivity index (χ2n) is 6.82. The van der Waals surface area contributed by atoms with Crippen LogP contribution in [0.3, 0.4) is 0 Å². The highest BCUT2D eigenvalue weighted by molar-refractivity contribution is 5.71. The molecule has 1 atom stereocenters. The summed E-state index contributed by atoms with van der Waals surface area (Å²) >= 11 is 0. The smallest absolute Gasteiger partial charge is 0.303 e. The van der Waals surface area contributed by atoms with Gasteiger partial charge in [-0.2, -0.15) is 0 Å². The number of phenolic OH excluding ortho intramolecular Hbond substituents is 1. The first kappa shape index (κ1) is 14.7. The summed E-state index contributed by atoms with van der Waals surface area (Å²) < 4.78 is 11.7. The molecule has 1 fully saturated rings. The Morgan fingerprint density at radius 3 is 2.39 bits per heavy atom. The van der Waals surface area contributed by atoms with Gasteiger partial charge in [0, 0.05) is 22.6 Å². The highest BCUT2D eigenvalue weighted by Crippen LogP contribution is 2.55. The van der Waals surface area contributed by atoms with Gasteiger partial charge >= 0.3 is 5.97 Å². The number of hydrogen-bond donors (Lipinski definition) is 2. The Labute approximate surface area is 135 Å². The van der Waals surface area contributed by atoms with E-state index in [1.165, 1.54) is 0 Å². The Morgan fingerprint density at radius 2 is 1.74 bits per heavy atom. The molecular formula is C18H22O5. The van der Waals surface area contributed by atoms with Crippen LogP contribution < -0.4 is 9.47 Å². The maximum Gasteiger partial charge on any atom is 0.303 e. The van der Waals surface area contributed by atoms with E-state index in [0.29, 0.717) is 24.9 Å². The Morgan fingerprint density at radius 1 is 1.09 bits per heavy atom. The molecule has 0 spiro atoms. The first-order valence-corrected chi connectivity index (χ1v) is 8.54. The summed E-state index contributed by atoms with van der Waals surface area (Å²) in [5.74, 6) is 1.14. The van der Waals surface area contributed by atoms with Gasteiger partial charge in [0.25, 0.3) is 0 Å². The van der Waals surface area contributed by atoms with Gasteiger partial charge in [-0.1, -0.05) is 0 Å². The van der Waals surface area contributed by atoms with E-state index < -0.39 is 5.97 Å². The second kappa shape index (κ2) is 5.62. The van der Waals surface area contributed by atoms with Gasteiger partial charge in [0.2, 0.25) is 0 Å². The fourth-order valence-corrected chi connectivity index (χ4v) is 4.04. The van der Waals surface area contributed by atoms with Crippen molar-refractivity contribution in [3.63, 3.8) is 0 Å². The van der Waals surface area contributed by atoms with Crippen LogP contribution in [-0.4, -0.2) is 29.4 Å². The molecule has 2 heterocycles. The largest absolute Gasteiger partial charge is 0.504 e. The molecule has 23 heavy (non-hydrogen) atoms. The van der Waals surface area contributed by atoms with Gasteiger partial charge in [-0.3, -0.25) is 4.79 Å². The molecule has 0 bridgehead atoms. The number of aromatic hydroxyl groups is 1. The normalized spacial score (nSPS) is 20.7. The predicted octanol–water partition coefficient (Wildman–Crippen LogP) is 3.01. The lowest BCUT2D eigenvalue weighted by Crippen LogP contribution is -2.20. The molecule has 5 nitrogen and oxygen atoms in total. The number of hydrogen-bond acceptors (Lipinski definition) is 4. The van der Waals surface area contributed by atoms with E-state index in [9.17, 15) is 15.0 Å². The number of carboxylic acid groups (broad SMARTS) is 1. The maximum absolute atomic E-state index is 11.4. The Bertz CT molecular complexity index is 610. The van der Waals surface area contributed by atoms with Gasteiger partial charge in [-0.25, -0.2) is 0 Å². The van der Waals surface area contributed by atoms with Crippen LogP contribution in [0.4, 0.5) is 0 Å². The Balaban J connectivity index is 1.90. The van der Waals surface area contributed by atoms with Crippen molar-refractivity contribution in [3.05, 3.63) is 16.7 Å². The summed E-state index contributed by atoms with van der Waals surface area (Å²) in [4.78, 5) is 11.4. The molecule has 0 saturated heterocycles. The fourth-order valence-electron chi connectivity index (χ4n) is 4.04. The number of rotatable bonds is 4. The van der Waals surface area contributed by atoms with Gasteiger partial charge in [-0.15, -0.1) is 0 Å². The van der Waals surface area contributed by atoms with E-state index in [0.717, 1.165) is 61.0 Å². The summed E-state index contributed by atoms with van der Waals surface area (Å²) in [7, 11) is 0. The molecule has 2 N–H and O–H groups in total. The molecule has 1 aliphatic carbocycles. The molecular weight excluding hydrogens is 296 g/mol. The number of benzene rings is 1. The first-order chi connectivity index (χ1) is 11.2. The average Bonchev–Trinajstić information content (AvgIpc) is 3.39. The lowest BCUT2D eigenvalue weighted by Gasteiger charge is -2.31. The Hall–Kier alpha value is -1.91. The molecule has 4 rings (SSSR count).